The van der Waals surface area contributed by atoms with Crippen LogP contribution in [0.15, 0.2) is 56.6 Å². The van der Waals surface area contributed by atoms with Gasteiger partial charge in [0.05, 0.1) is 4.90 Å². The molecule has 0 aliphatic carbocycles. The molecule has 0 saturated carbocycles. The molecule has 3 N–H and O–H groups in total. The van der Waals surface area contributed by atoms with Crippen LogP contribution < -0.4 is 20.8 Å². The van der Waals surface area contributed by atoms with E-state index in [1.807, 2.05) is 0 Å². The van der Waals surface area contributed by atoms with Gasteiger partial charge >= 0.3 is 5.63 Å². The summed E-state index contributed by atoms with van der Waals surface area (Å²) < 4.78 is 33.0. The molecule has 2 aromatic carbocycles. The molecule has 0 aliphatic rings. The maximum atomic E-state index is 12.0. The summed E-state index contributed by atoms with van der Waals surface area (Å²) in [4.78, 5) is 23.6. The molecule has 1 aromatic heterocycles. The Morgan fingerprint density at radius 3 is 2.54 bits per heavy atom. The highest BCUT2D eigenvalue weighted by atomic mass is 35.5. The van der Waals surface area contributed by atoms with Gasteiger partial charge in [-0.05, 0) is 48.9 Å². The normalized spacial score (nSPS) is 11.4. The fourth-order valence-electron chi connectivity index (χ4n) is 2.48. The zero-order valence-electron chi connectivity index (χ0n) is 14.6. The fraction of sp³-hybridized carbons (Fsp3) is 0.111. The molecule has 3 rings (SSSR count). The number of ether oxygens (including phenoxy) is 1. The van der Waals surface area contributed by atoms with E-state index in [2.05, 4.69) is 5.32 Å². The summed E-state index contributed by atoms with van der Waals surface area (Å²) in [7, 11) is -3.80. The molecule has 0 unspecified atom stereocenters. The minimum Gasteiger partial charge on any atom is -0.484 e. The summed E-state index contributed by atoms with van der Waals surface area (Å²) in [5.41, 5.74) is 0.629. The third-order valence-corrected chi connectivity index (χ3v) is 5.27. The van der Waals surface area contributed by atoms with Gasteiger partial charge in [0.15, 0.2) is 6.61 Å². The number of rotatable bonds is 5. The second-order valence-electron chi connectivity index (χ2n) is 5.89. The van der Waals surface area contributed by atoms with Crippen molar-refractivity contribution in [1.82, 2.24) is 0 Å². The van der Waals surface area contributed by atoms with Crippen LogP contribution in [0.2, 0.25) is 5.02 Å². The summed E-state index contributed by atoms with van der Waals surface area (Å²) in [5.74, 6) is -0.130. The Bertz CT molecular complexity index is 1220. The number of nitrogens with two attached hydrogens (primary N) is 1. The highest BCUT2D eigenvalue weighted by molar-refractivity contribution is 7.89. The molecular weight excluding hydrogens is 408 g/mol. The molecule has 0 bridgehead atoms. The third kappa shape index (κ3) is 4.33. The molecule has 1 heterocycles. The Balaban J connectivity index is 1.67. The van der Waals surface area contributed by atoms with Crippen molar-refractivity contribution in [3.8, 4) is 5.75 Å². The first kappa shape index (κ1) is 19.9. The average Bonchev–Trinajstić information content (AvgIpc) is 2.64. The van der Waals surface area contributed by atoms with Crippen LogP contribution >= 0.6 is 11.6 Å². The fourth-order valence-corrected chi connectivity index (χ4v) is 3.13. The van der Waals surface area contributed by atoms with E-state index >= 15 is 0 Å². The topological polar surface area (TPSA) is 129 Å². The number of hydrogen-bond donors (Lipinski definition) is 2. The number of anilines is 1. The summed E-state index contributed by atoms with van der Waals surface area (Å²) >= 11 is 5.88. The van der Waals surface area contributed by atoms with Gasteiger partial charge in [-0.3, -0.25) is 4.79 Å². The van der Waals surface area contributed by atoms with Crippen molar-refractivity contribution in [2.45, 2.75) is 11.8 Å². The van der Waals surface area contributed by atoms with Crippen molar-refractivity contribution in [2.75, 3.05) is 11.9 Å². The molecule has 0 radical (unpaired) electrons. The predicted octanol–water partition coefficient (Wildman–Crippen LogP) is 2.42. The Hall–Kier alpha value is -2.88. The van der Waals surface area contributed by atoms with Crippen molar-refractivity contribution in [3.05, 3.63) is 63.5 Å². The number of fused-ring (bicyclic) bond motifs is 1. The molecule has 0 atom stereocenters. The van der Waals surface area contributed by atoms with Crippen LogP contribution in [0.5, 0.6) is 5.75 Å². The van der Waals surface area contributed by atoms with Crippen LogP contribution in [0.1, 0.15) is 5.56 Å². The van der Waals surface area contributed by atoms with Gasteiger partial charge in [-0.1, -0.05) is 11.6 Å². The number of carbonyl (C=O) groups excluding carboxylic acids is 1. The maximum absolute atomic E-state index is 12.0. The van der Waals surface area contributed by atoms with Crippen LogP contribution in [0, 0.1) is 6.92 Å². The Morgan fingerprint density at radius 1 is 1.21 bits per heavy atom. The van der Waals surface area contributed by atoms with E-state index in [9.17, 15) is 18.0 Å². The molecule has 0 fully saturated rings. The van der Waals surface area contributed by atoms with E-state index < -0.39 is 21.6 Å². The van der Waals surface area contributed by atoms with Gasteiger partial charge in [-0.2, -0.15) is 0 Å². The lowest BCUT2D eigenvalue weighted by atomic mass is 10.1. The number of aryl methyl sites for hydroxylation is 1. The van der Waals surface area contributed by atoms with E-state index in [4.69, 9.17) is 25.9 Å². The van der Waals surface area contributed by atoms with Gasteiger partial charge in [-0.15, -0.1) is 0 Å². The molecule has 8 nitrogen and oxygen atoms in total. The average molecular weight is 423 g/mol. The van der Waals surface area contributed by atoms with Gasteiger partial charge in [0, 0.05) is 17.1 Å². The first-order chi connectivity index (χ1) is 13.1. The van der Waals surface area contributed by atoms with Crippen LogP contribution in [0.4, 0.5) is 5.69 Å². The first-order valence-corrected chi connectivity index (χ1v) is 9.86. The summed E-state index contributed by atoms with van der Waals surface area (Å²) in [6, 6.07) is 10.2. The number of primary sulfonamides is 1. The maximum Gasteiger partial charge on any atom is 0.355 e. The van der Waals surface area contributed by atoms with Crippen molar-refractivity contribution in [2.24, 2.45) is 5.14 Å². The Kier molecular flexibility index (Phi) is 5.41. The molecule has 1 amide bonds. The highest BCUT2D eigenvalue weighted by Crippen LogP contribution is 2.26. The van der Waals surface area contributed by atoms with Crippen LogP contribution in [0.3, 0.4) is 0 Å². The monoisotopic (exact) mass is 422 g/mol. The Labute approximate surface area is 164 Å². The van der Waals surface area contributed by atoms with Crippen molar-refractivity contribution in [3.63, 3.8) is 0 Å². The molecule has 0 aliphatic heterocycles. The zero-order chi connectivity index (χ0) is 20.5. The highest BCUT2D eigenvalue weighted by Gasteiger charge is 2.11. The summed E-state index contributed by atoms with van der Waals surface area (Å²) in [5, 5.41) is 8.27. The van der Waals surface area contributed by atoms with Gasteiger partial charge in [0.25, 0.3) is 5.91 Å². The first-order valence-electron chi connectivity index (χ1n) is 7.93. The number of halogens is 1. The Morgan fingerprint density at radius 2 is 1.89 bits per heavy atom. The standard InChI is InChI=1S/C18H15ClN2O6S/c1-10-14-7-4-12(8-15(14)27-18(23)17(10)19)26-9-16(22)21-11-2-5-13(6-3-11)28(20,24)25/h2-8H,9H2,1H3,(H,21,22)(H2,20,24,25). The number of amides is 1. The van der Waals surface area contributed by atoms with E-state index in [-0.39, 0.29) is 16.5 Å². The van der Waals surface area contributed by atoms with Crippen molar-refractivity contribution in [1.29, 1.82) is 0 Å². The van der Waals surface area contributed by atoms with Gasteiger partial charge in [0.2, 0.25) is 10.0 Å². The van der Waals surface area contributed by atoms with E-state index in [1.54, 1.807) is 19.1 Å². The lowest BCUT2D eigenvalue weighted by Crippen LogP contribution is -2.20. The second kappa shape index (κ2) is 7.63. The predicted molar refractivity (Wildman–Crippen MR) is 104 cm³/mol. The smallest absolute Gasteiger partial charge is 0.355 e. The van der Waals surface area contributed by atoms with Gasteiger partial charge in [-0.25, -0.2) is 18.4 Å². The second-order valence-corrected chi connectivity index (χ2v) is 7.83. The molecule has 146 valence electrons. The summed E-state index contributed by atoms with van der Waals surface area (Å²) in [6.45, 7) is 1.40. The van der Waals surface area contributed by atoms with Crippen LogP contribution in [0.25, 0.3) is 11.0 Å². The minimum atomic E-state index is -3.80. The van der Waals surface area contributed by atoms with E-state index in [0.29, 0.717) is 28.0 Å². The van der Waals surface area contributed by atoms with Crippen LogP contribution in [-0.2, 0) is 14.8 Å². The molecule has 10 heteroatoms. The minimum absolute atomic E-state index is 0.0222. The molecular formula is C18H15ClN2O6S. The summed E-state index contributed by atoms with van der Waals surface area (Å²) in [6.07, 6.45) is 0. The van der Waals surface area contributed by atoms with Crippen molar-refractivity contribution < 1.29 is 22.4 Å². The molecule has 0 spiro atoms. The van der Waals surface area contributed by atoms with Gasteiger partial charge in [0.1, 0.15) is 16.4 Å². The third-order valence-electron chi connectivity index (χ3n) is 3.90. The van der Waals surface area contributed by atoms with Crippen LogP contribution in [-0.4, -0.2) is 20.9 Å². The zero-order valence-corrected chi connectivity index (χ0v) is 16.1. The molecule has 3 aromatic rings. The molecule has 28 heavy (non-hydrogen) atoms. The van der Waals surface area contributed by atoms with E-state index in [1.165, 1.54) is 30.3 Å². The van der Waals surface area contributed by atoms with Crippen molar-refractivity contribution >= 4 is 44.2 Å². The number of hydrogen-bond acceptors (Lipinski definition) is 6. The quantitative estimate of drug-likeness (QED) is 0.607. The van der Waals surface area contributed by atoms with Gasteiger partial charge < -0.3 is 14.5 Å². The lowest BCUT2D eigenvalue weighted by molar-refractivity contribution is -0.118. The number of benzene rings is 2. The number of nitrogens with one attached hydrogen (secondary N) is 1. The number of sulfonamides is 1. The number of carbonyl (C=O) groups is 1. The lowest BCUT2D eigenvalue weighted by Gasteiger charge is -2.09. The largest absolute Gasteiger partial charge is 0.484 e. The molecule has 0 saturated heterocycles. The SMILES string of the molecule is Cc1c(Cl)c(=O)oc2cc(OCC(=O)Nc3ccc(S(N)(=O)=O)cc3)ccc12. The van der Waals surface area contributed by atoms with E-state index in [0.717, 1.165) is 0 Å².